The number of sulfonamides is 1. The number of halogens is 1. The molecule has 5 nitrogen and oxygen atoms in total. The minimum atomic E-state index is -3.50. The van der Waals surface area contributed by atoms with Gasteiger partial charge in [-0.05, 0) is 42.6 Å². The summed E-state index contributed by atoms with van der Waals surface area (Å²) in [6, 6.07) is 11.2. The first-order valence-electron chi connectivity index (χ1n) is 9.07. The molecular formula is C19H25ClN2O3S2. The predicted molar refractivity (Wildman–Crippen MR) is 111 cm³/mol. The lowest BCUT2D eigenvalue weighted by atomic mass is 10.0. The lowest BCUT2D eigenvalue weighted by molar-refractivity contribution is 0.234. The Morgan fingerprint density at radius 1 is 1.30 bits per heavy atom. The van der Waals surface area contributed by atoms with Gasteiger partial charge in [0.1, 0.15) is 16.6 Å². The third-order valence-corrected chi connectivity index (χ3v) is 7.86. The van der Waals surface area contributed by atoms with Gasteiger partial charge in [-0.3, -0.25) is 4.90 Å². The zero-order valence-electron chi connectivity index (χ0n) is 15.5. The number of nitrogens with one attached hydrogen (secondary N) is 1. The first-order chi connectivity index (χ1) is 12.8. The minimum absolute atomic E-state index is 0.0844. The number of hydrogen-bond donors (Lipinski definition) is 1. The first kappa shape index (κ1) is 20.6. The standard InChI is InChI=1S/C19H25ClN2O3S2/c1-14(2)16-5-3-4-6-17(16)25-12-11-22-10-9-15(13-22)21-27(23,24)19-8-7-18(20)26-19/h3-8,14-15,21H,9-13H2,1-2H3/t15-/m0/s1. The van der Waals surface area contributed by atoms with Crippen molar-refractivity contribution >= 4 is 33.0 Å². The zero-order valence-corrected chi connectivity index (χ0v) is 17.9. The van der Waals surface area contributed by atoms with Crippen LogP contribution in [-0.2, 0) is 10.0 Å². The van der Waals surface area contributed by atoms with Gasteiger partial charge in [0.05, 0.1) is 4.34 Å². The SMILES string of the molecule is CC(C)c1ccccc1OCCN1CC[C@H](NS(=O)(=O)c2ccc(Cl)s2)C1. The van der Waals surface area contributed by atoms with Crippen molar-refractivity contribution in [1.82, 2.24) is 9.62 Å². The van der Waals surface area contributed by atoms with Crippen LogP contribution >= 0.6 is 22.9 Å². The van der Waals surface area contributed by atoms with Crippen LogP contribution in [0.15, 0.2) is 40.6 Å². The molecule has 0 saturated carbocycles. The van der Waals surface area contributed by atoms with E-state index < -0.39 is 10.0 Å². The van der Waals surface area contributed by atoms with Gasteiger partial charge in [-0.1, -0.05) is 43.6 Å². The van der Waals surface area contributed by atoms with E-state index in [1.54, 1.807) is 12.1 Å². The summed E-state index contributed by atoms with van der Waals surface area (Å²) in [5, 5.41) is 0. The molecule has 8 heteroatoms. The van der Waals surface area contributed by atoms with Gasteiger partial charge in [0.25, 0.3) is 0 Å². The van der Waals surface area contributed by atoms with E-state index >= 15 is 0 Å². The van der Waals surface area contributed by atoms with Gasteiger partial charge in [-0.15, -0.1) is 11.3 Å². The van der Waals surface area contributed by atoms with Crippen molar-refractivity contribution in [2.24, 2.45) is 0 Å². The largest absolute Gasteiger partial charge is 0.492 e. The first-order valence-corrected chi connectivity index (χ1v) is 11.7. The van der Waals surface area contributed by atoms with Gasteiger partial charge >= 0.3 is 0 Å². The number of thiophene rings is 1. The molecule has 0 bridgehead atoms. The average molecular weight is 429 g/mol. The molecule has 1 N–H and O–H groups in total. The van der Waals surface area contributed by atoms with E-state index in [2.05, 4.69) is 29.5 Å². The third-order valence-electron chi connectivity index (χ3n) is 4.61. The molecule has 0 aliphatic carbocycles. The van der Waals surface area contributed by atoms with Crippen LogP contribution in [0, 0.1) is 0 Å². The molecule has 1 saturated heterocycles. The molecule has 148 valence electrons. The van der Waals surface area contributed by atoms with E-state index in [-0.39, 0.29) is 10.3 Å². The summed E-state index contributed by atoms with van der Waals surface area (Å²) in [6.07, 6.45) is 0.793. The van der Waals surface area contributed by atoms with Crippen LogP contribution in [0.25, 0.3) is 0 Å². The molecule has 0 spiro atoms. The summed E-state index contributed by atoms with van der Waals surface area (Å²) in [6.45, 7) is 7.21. The predicted octanol–water partition coefficient (Wildman–Crippen LogP) is 3.96. The van der Waals surface area contributed by atoms with Gasteiger partial charge < -0.3 is 4.74 Å². The van der Waals surface area contributed by atoms with E-state index in [9.17, 15) is 8.42 Å². The molecule has 27 heavy (non-hydrogen) atoms. The molecule has 1 aromatic heterocycles. The summed E-state index contributed by atoms with van der Waals surface area (Å²) in [4.78, 5) is 2.23. The highest BCUT2D eigenvalue weighted by Gasteiger charge is 2.28. The Hall–Kier alpha value is -1.12. The van der Waals surface area contributed by atoms with Gasteiger partial charge in [-0.2, -0.15) is 0 Å². The highest BCUT2D eigenvalue weighted by Crippen LogP contribution is 2.27. The normalized spacial score (nSPS) is 18.3. The number of nitrogens with zero attached hydrogens (tertiary/aromatic N) is 1. The number of benzene rings is 1. The third kappa shape index (κ3) is 5.45. The molecule has 1 aliphatic heterocycles. The summed E-state index contributed by atoms with van der Waals surface area (Å²) in [5.41, 5.74) is 1.21. The zero-order chi connectivity index (χ0) is 19.4. The molecule has 1 fully saturated rings. The molecule has 2 heterocycles. The Morgan fingerprint density at radius 3 is 2.78 bits per heavy atom. The van der Waals surface area contributed by atoms with Crippen LogP contribution in [0.3, 0.4) is 0 Å². The molecule has 0 amide bonds. The monoisotopic (exact) mass is 428 g/mol. The molecule has 3 rings (SSSR count). The number of likely N-dealkylation sites (tertiary alicyclic amines) is 1. The topological polar surface area (TPSA) is 58.6 Å². The van der Waals surface area contributed by atoms with Crippen molar-refractivity contribution in [1.29, 1.82) is 0 Å². The van der Waals surface area contributed by atoms with E-state index in [4.69, 9.17) is 16.3 Å². The van der Waals surface area contributed by atoms with E-state index in [0.717, 1.165) is 36.6 Å². The van der Waals surface area contributed by atoms with E-state index in [0.29, 0.717) is 23.4 Å². The van der Waals surface area contributed by atoms with Crippen LogP contribution in [0.1, 0.15) is 31.7 Å². The highest BCUT2D eigenvalue weighted by molar-refractivity contribution is 7.91. The smallest absolute Gasteiger partial charge is 0.250 e. The average Bonchev–Trinajstić information content (AvgIpc) is 3.24. The lowest BCUT2D eigenvalue weighted by Gasteiger charge is -2.18. The van der Waals surface area contributed by atoms with Crippen molar-refractivity contribution in [2.75, 3.05) is 26.2 Å². The fourth-order valence-electron chi connectivity index (χ4n) is 3.23. The second-order valence-corrected chi connectivity index (χ2v) is 10.7. The summed E-state index contributed by atoms with van der Waals surface area (Å²) in [5.74, 6) is 1.34. The number of para-hydroxylation sites is 1. The Bertz CT molecular complexity index is 867. The van der Waals surface area contributed by atoms with E-state index in [1.807, 2.05) is 18.2 Å². The second-order valence-electron chi connectivity index (χ2n) is 7.01. The van der Waals surface area contributed by atoms with Crippen molar-refractivity contribution < 1.29 is 13.2 Å². The Balaban J connectivity index is 1.48. The maximum atomic E-state index is 12.4. The van der Waals surface area contributed by atoms with Crippen LogP contribution in [-0.4, -0.2) is 45.6 Å². The van der Waals surface area contributed by atoms with Crippen LogP contribution in [0.5, 0.6) is 5.75 Å². The number of rotatable bonds is 8. The Kier molecular flexibility index (Phi) is 6.81. The fourth-order valence-corrected chi connectivity index (χ4v) is 5.99. The maximum absolute atomic E-state index is 12.4. The van der Waals surface area contributed by atoms with Gasteiger partial charge in [0.15, 0.2) is 0 Å². The molecule has 1 aliphatic rings. The molecule has 0 unspecified atom stereocenters. The highest BCUT2D eigenvalue weighted by atomic mass is 35.5. The van der Waals surface area contributed by atoms with Crippen LogP contribution in [0.4, 0.5) is 0 Å². The molecule has 1 aromatic carbocycles. The van der Waals surface area contributed by atoms with Crippen molar-refractivity contribution in [3.8, 4) is 5.75 Å². The summed E-state index contributed by atoms with van der Waals surface area (Å²) in [7, 11) is -3.50. The summed E-state index contributed by atoms with van der Waals surface area (Å²) >= 11 is 6.92. The number of ether oxygens (including phenoxy) is 1. The quantitative estimate of drug-likeness (QED) is 0.691. The second kappa shape index (κ2) is 8.92. The van der Waals surface area contributed by atoms with Crippen LogP contribution < -0.4 is 9.46 Å². The number of hydrogen-bond acceptors (Lipinski definition) is 5. The molecule has 0 radical (unpaired) electrons. The molecule has 1 atom stereocenters. The molecular weight excluding hydrogens is 404 g/mol. The fraction of sp³-hybridized carbons (Fsp3) is 0.474. The van der Waals surface area contributed by atoms with Crippen molar-refractivity contribution in [3.63, 3.8) is 0 Å². The van der Waals surface area contributed by atoms with Gasteiger partial charge in [-0.25, -0.2) is 13.1 Å². The van der Waals surface area contributed by atoms with Crippen molar-refractivity contribution in [3.05, 3.63) is 46.3 Å². The lowest BCUT2D eigenvalue weighted by Crippen LogP contribution is -2.37. The van der Waals surface area contributed by atoms with Gasteiger partial charge in [0, 0.05) is 19.1 Å². The molecule has 2 aromatic rings. The Labute approximate surface area is 170 Å². The maximum Gasteiger partial charge on any atom is 0.250 e. The Morgan fingerprint density at radius 2 is 2.07 bits per heavy atom. The van der Waals surface area contributed by atoms with Gasteiger partial charge in [0.2, 0.25) is 10.0 Å². The van der Waals surface area contributed by atoms with E-state index in [1.165, 1.54) is 5.56 Å². The van der Waals surface area contributed by atoms with Crippen LogP contribution in [0.2, 0.25) is 4.34 Å². The minimum Gasteiger partial charge on any atom is -0.492 e. The van der Waals surface area contributed by atoms with Crippen molar-refractivity contribution in [2.45, 2.75) is 36.4 Å². The summed E-state index contributed by atoms with van der Waals surface area (Å²) < 4.78 is 34.3.